The first-order valence-electron chi connectivity index (χ1n) is 11.8. The summed E-state index contributed by atoms with van der Waals surface area (Å²) in [5.41, 5.74) is 5.43. The summed E-state index contributed by atoms with van der Waals surface area (Å²) in [5.74, 6) is 0.122. The molecule has 1 aliphatic heterocycles. The molecule has 9 heteroatoms. The van der Waals surface area contributed by atoms with Crippen LogP contribution in [0.4, 0.5) is 23.0 Å². The molecule has 3 heterocycles. The van der Waals surface area contributed by atoms with Crippen LogP contribution >= 0.6 is 0 Å². The number of carbonyl (C=O) groups is 1. The van der Waals surface area contributed by atoms with Gasteiger partial charge in [-0.05, 0) is 36.4 Å². The van der Waals surface area contributed by atoms with E-state index in [4.69, 9.17) is 4.98 Å². The number of amides is 1. The number of nitrogens with zero attached hydrogens (tertiary/aromatic N) is 4. The van der Waals surface area contributed by atoms with Gasteiger partial charge < -0.3 is 26.0 Å². The third-order valence-electron chi connectivity index (χ3n) is 6.09. The second-order valence-corrected chi connectivity index (χ2v) is 8.42. The predicted octanol–water partition coefficient (Wildman–Crippen LogP) is 3.46. The summed E-state index contributed by atoms with van der Waals surface area (Å²) in [7, 11) is 0. The molecule has 4 N–H and O–H groups in total. The van der Waals surface area contributed by atoms with Crippen LogP contribution in [0.25, 0.3) is 22.2 Å². The molecule has 1 fully saturated rings. The van der Waals surface area contributed by atoms with E-state index in [1.165, 1.54) is 6.08 Å². The Hall–Kier alpha value is -4.34. The highest BCUT2D eigenvalue weighted by Crippen LogP contribution is 2.30. The summed E-state index contributed by atoms with van der Waals surface area (Å²) >= 11 is 0. The van der Waals surface area contributed by atoms with Crippen LogP contribution in [0.1, 0.15) is 5.56 Å². The van der Waals surface area contributed by atoms with E-state index >= 15 is 0 Å². The Morgan fingerprint density at radius 1 is 1.14 bits per heavy atom. The van der Waals surface area contributed by atoms with E-state index in [0.717, 1.165) is 59.6 Å². The number of pyridine rings is 1. The van der Waals surface area contributed by atoms with Gasteiger partial charge >= 0.3 is 0 Å². The molecule has 2 aromatic heterocycles. The number of hydrogen-bond donors (Lipinski definition) is 4. The van der Waals surface area contributed by atoms with Crippen molar-refractivity contribution in [3.63, 3.8) is 0 Å². The van der Waals surface area contributed by atoms with Gasteiger partial charge in [-0.15, -0.1) is 0 Å². The Morgan fingerprint density at radius 2 is 2.00 bits per heavy atom. The number of anilines is 4. The minimum absolute atomic E-state index is 0.103. The quantitative estimate of drug-likeness (QED) is 0.297. The van der Waals surface area contributed by atoms with E-state index in [-0.39, 0.29) is 12.5 Å². The lowest BCUT2D eigenvalue weighted by molar-refractivity contribution is -0.111. The molecule has 0 spiro atoms. The molecule has 9 nitrogen and oxygen atoms in total. The van der Waals surface area contributed by atoms with Crippen molar-refractivity contribution in [1.82, 2.24) is 20.3 Å². The van der Waals surface area contributed by atoms with Gasteiger partial charge in [0.05, 0.1) is 17.8 Å². The topological polar surface area (TPSA) is 115 Å². The lowest BCUT2D eigenvalue weighted by atomic mass is 10.1. The van der Waals surface area contributed by atoms with Crippen molar-refractivity contribution in [3.8, 4) is 11.3 Å². The zero-order chi connectivity index (χ0) is 24.9. The van der Waals surface area contributed by atoms with Gasteiger partial charge in [0.25, 0.3) is 0 Å². The van der Waals surface area contributed by atoms with Crippen LogP contribution in [0, 0.1) is 0 Å². The molecule has 0 aliphatic carbocycles. The highest BCUT2D eigenvalue weighted by molar-refractivity contribution is 5.99. The van der Waals surface area contributed by atoms with E-state index in [1.54, 1.807) is 24.5 Å². The molecule has 0 saturated carbocycles. The zero-order valence-electron chi connectivity index (χ0n) is 19.7. The van der Waals surface area contributed by atoms with Crippen molar-refractivity contribution in [3.05, 3.63) is 79.1 Å². The first kappa shape index (κ1) is 23.4. The van der Waals surface area contributed by atoms with Crippen LogP contribution in [0.2, 0.25) is 0 Å². The molecular weight excluding hydrogens is 454 g/mol. The van der Waals surface area contributed by atoms with E-state index in [9.17, 15) is 9.90 Å². The number of rotatable bonds is 7. The summed E-state index contributed by atoms with van der Waals surface area (Å²) in [5, 5.41) is 20.3. The number of para-hydroxylation sites is 1. The number of fused-ring (bicyclic) bond motifs is 1. The van der Waals surface area contributed by atoms with Gasteiger partial charge in [0.2, 0.25) is 11.9 Å². The van der Waals surface area contributed by atoms with Gasteiger partial charge in [-0.2, -0.15) is 0 Å². The summed E-state index contributed by atoms with van der Waals surface area (Å²) in [4.78, 5) is 27.8. The van der Waals surface area contributed by atoms with Crippen molar-refractivity contribution in [1.29, 1.82) is 0 Å². The standard InChI is InChI=1S/C27H27N7O2/c1-2-25(36)31-20-8-9-29-24(15-20)22-5-3-4-18-16-30-27(33-26(18)22)32-23-7-6-21(14-19(23)17-35)34-12-10-28-11-13-34/h2-9,14-16,28,35H,1,10-13,17H2,(H,29,31,36)(H,30,32,33). The molecule has 5 rings (SSSR count). The zero-order valence-corrected chi connectivity index (χ0v) is 19.7. The highest BCUT2D eigenvalue weighted by Gasteiger charge is 2.14. The van der Waals surface area contributed by atoms with Crippen LogP contribution in [-0.4, -0.2) is 52.1 Å². The number of nitrogens with one attached hydrogen (secondary N) is 3. The van der Waals surface area contributed by atoms with E-state index < -0.39 is 0 Å². The first-order chi connectivity index (χ1) is 17.6. The molecule has 4 aromatic rings. The largest absolute Gasteiger partial charge is 0.392 e. The van der Waals surface area contributed by atoms with E-state index in [1.807, 2.05) is 36.4 Å². The normalized spacial score (nSPS) is 13.4. The van der Waals surface area contributed by atoms with Crippen molar-refractivity contribution in [2.45, 2.75) is 6.61 Å². The number of aromatic nitrogens is 3. The summed E-state index contributed by atoms with van der Waals surface area (Å²) in [6.07, 6.45) is 4.62. The molecular formula is C27H27N7O2. The number of aliphatic hydroxyl groups is 1. The third kappa shape index (κ3) is 5.02. The molecule has 0 radical (unpaired) electrons. The van der Waals surface area contributed by atoms with Gasteiger partial charge in [-0.1, -0.05) is 24.8 Å². The Morgan fingerprint density at radius 3 is 2.81 bits per heavy atom. The summed E-state index contributed by atoms with van der Waals surface area (Å²) in [6, 6.07) is 15.3. The van der Waals surface area contributed by atoms with Crippen molar-refractivity contribution in [2.24, 2.45) is 0 Å². The summed E-state index contributed by atoms with van der Waals surface area (Å²) < 4.78 is 0. The lowest BCUT2D eigenvalue weighted by Crippen LogP contribution is -2.43. The second kappa shape index (κ2) is 10.5. The Labute approximate surface area is 208 Å². The number of piperazine rings is 1. The fourth-order valence-corrected chi connectivity index (χ4v) is 4.24. The Bertz CT molecular complexity index is 1420. The molecule has 0 bridgehead atoms. The molecule has 182 valence electrons. The molecule has 0 unspecified atom stereocenters. The van der Waals surface area contributed by atoms with E-state index in [0.29, 0.717) is 17.3 Å². The van der Waals surface area contributed by atoms with Crippen molar-refractivity contribution in [2.75, 3.05) is 41.7 Å². The maximum absolute atomic E-state index is 11.7. The first-order valence-corrected chi connectivity index (χ1v) is 11.8. The van der Waals surface area contributed by atoms with Crippen LogP contribution in [-0.2, 0) is 11.4 Å². The lowest BCUT2D eigenvalue weighted by Gasteiger charge is -2.30. The van der Waals surface area contributed by atoms with Crippen LogP contribution in [0.5, 0.6) is 0 Å². The molecule has 0 atom stereocenters. The number of aliphatic hydroxyl groups excluding tert-OH is 1. The maximum Gasteiger partial charge on any atom is 0.247 e. The Balaban J connectivity index is 1.46. The third-order valence-corrected chi connectivity index (χ3v) is 6.09. The minimum Gasteiger partial charge on any atom is -0.392 e. The fourth-order valence-electron chi connectivity index (χ4n) is 4.24. The predicted molar refractivity (Wildman–Crippen MR) is 142 cm³/mol. The highest BCUT2D eigenvalue weighted by atomic mass is 16.3. The molecule has 1 aliphatic rings. The van der Waals surface area contributed by atoms with Gasteiger partial charge in [-0.3, -0.25) is 9.78 Å². The number of carbonyl (C=O) groups excluding carboxylic acids is 1. The average Bonchev–Trinajstić information content (AvgIpc) is 2.93. The molecule has 2 aromatic carbocycles. The van der Waals surface area contributed by atoms with Gasteiger partial charge in [-0.25, -0.2) is 9.97 Å². The van der Waals surface area contributed by atoms with E-state index in [2.05, 4.69) is 37.4 Å². The number of hydrogen-bond acceptors (Lipinski definition) is 8. The Kier molecular flexibility index (Phi) is 6.83. The van der Waals surface area contributed by atoms with Crippen molar-refractivity contribution >= 4 is 39.8 Å². The molecule has 1 amide bonds. The second-order valence-electron chi connectivity index (χ2n) is 8.42. The van der Waals surface area contributed by atoms with Gasteiger partial charge in [0, 0.05) is 72.1 Å². The van der Waals surface area contributed by atoms with Gasteiger partial charge in [0.15, 0.2) is 0 Å². The average molecular weight is 482 g/mol. The van der Waals surface area contributed by atoms with Gasteiger partial charge in [0.1, 0.15) is 0 Å². The molecule has 36 heavy (non-hydrogen) atoms. The molecule has 1 saturated heterocycles. The summed E-state index contributed by atoms with van der Waals surface area (Å²) in [6.45, 7) is 7.14. The maximum atomic E-state index is 11.7. The minimum atomic E-state index is -0.290. The number of benzene rings is 2. The smallest absolute Gasteiger partial charge is 0.247 e. The van der Waals surface area contributed by atoms with Crippen LogP contribution in [0.3, 0.4) is 0 Å². The fraction of sp³-hybridized carbons (Fsp3) is 0.185. The monoisotopic (exact) mass is 481 g/mol. The van der Waals surface area contributed by atoms with Crippen LogP contribution < -0.4 is 20.9 Å². The SMILES string of the molecule is C=CC(=O)Nc1ccnc(-c2cccc3cnc(Nc4ccc(N5CCNCC5)cc4CO)nc23)c1. The van der Waals surface area contributed by atoms with Crippen molar-refractivity contribution < 1.29 is 9.90 Å². The van der Waals surface area contributed by atoms with Crippen LogP contribution in [0.15, 0.2) is 73.6 Å².